The Morgan fingerprint density at radius 3 is 1.50 bits per heavy atom. The van der Waals surface area contributed by atoms with E-state index in [0.29, 0.717) is 5.89 Å². The first-order valence-corrected chi connectivity index (χ1v) is 16.3. The first-order chi connectivity index (χ1) is 22.8. The average molecular weight is 606 g/mol. The molecule has 0 spiro atoms. The fraction of sp³-hybridized carbons (Fsp3) is 0. The summed E-state index contributed by atoms with van der Waals surface area (Å²) in [5, 5.41) is 2.54. The lowest BCUT2D eigenvalue weighted by Crippen LogP contribution is -1.85. The molecule has 0 amide bonds. The van der Waals surface area contributed by atoms with Crippen LogP contribution in [0, 0.1) is 0 Å². The Morgan fingerprint density at radius 2 is 0.891 bits per heavy atom. The Hall–Kier alpha value is -5.77. The topological polar surface area (TPSA) is 26.0 Å². The minimum absolute atomic E-state index is 0.633. The van der Waals surface area contributed by atoms with Gasteiger partial charge in [-0.05, 0) is 81.9 Å². The zero-order valence-electron chi connectivity index (χ0n) is 24.9. The molecule has 0 unspecified atom stereocenters. The van der Waals surface area contributed by atoms with Gasteiger partial charge in [0.1, 0.15) is 5.52 Å². The molecule has 0 bridgehead atoms. The maximum atomic E-state index is 6.18. The fourth-order valence-corrected chi connectivity index (χ4v) is 7.77. The highest BCUT2D eigenvalue weighted by atomic mass is 32.1. The van der Waals surface area contributed by atoms with E-state index in [9.17, 15) is 0 Å². The van der Waals surface area contributed by atoms with Gasteiger partial charge in [-0.2, -0.15) is 0 Å². The van der Waals surface area contributed by atoms with E-state index < -0.39 is 0 Å². The van der Waals surface area contributed by atoms with Crippen LogP contribution in [0.25, 0.3) is 87.2 Å². The summed E-state index contributed by atoms with van der Waals surface area (Å²) < 4.78 is 8.75. The van der Waals surface area contributed by atoms with Gasteiger partial charge in [0.2, 0.25) is 5.89 Å². The summed E-state index contributed by atoms with van der Waals surface area (Å²) in [7, 11) is 0. The smallest absolute Gasteiger partial charge is 0.227 e. The standard InChI is InChI=1S/C43H27NOS/c1-4-13-28(14-5-1)33-24-35(30-17-8-3-9-18-30)41-37(26-33)38-27-34(29-15-6-2-7-16-29)25-36(42(38)46-41)31-19-12-20-32(23-31)43-44-39-21-10-11-22-40(39)45-43/h1-27H. The minimum Gasteiger partial charge on any atom is -0.436 e. The van der Waals surface area contributed by atoms with Crippen molar-refractivity contribution in [1.82, 2.24) is 4.98 Å². The van der Waals surface area contributed by atoms with Gasteiger partial charge in [0, 0.05) is 36.9 Å². The normalized spacial score (nSPS) is 11.5. The quantitative estimate of drug-likeness (QED) is 0.195. The summed E-state index contributed by atoms with van der Waals surface area (Å²) in [6.07, 6.45) is 0. The summed E-state index contributed by atoms with van der Waals surface area (Å²) in [6, 6.07) is 58.1. The highest BCUT2D eigenvalue weighted by Gasteiger charge is 2.19. The number of rotatable bonds is 5. The van der Waals surface area contributed by atoms with Crippen molar-refractivity contribution in [1.29, 1.82) is 0 Å². The first kappa shape index (κ1) is 26.6. The highest BCUT2D eigenvalue weighted by Crippen LogP contribution is 2.47. The third-order valence-corrected chi connectivity index (χ3v) is 9.97. The Morgan fingerprint density at radius 1 is 0.391 bits per heavy atom. The van der Waals surface area contributed by atoms with Gasteiger partial charge in [-0.3, -0.25) is 0 Å². The van der Waals surface area contributed by atoms with E-state index in [0.717, 1.165) is 22.2 Å². The summed E-state index contributed by atoms with van der Waals surface area (Å²) in [5.41, 5.74) is 12.3. The van der Waals surface area contributed by atoms with Crippen LogP contribution in [0.15, 0.2) is 168 Å². The van der Waals surface area contributed by atoms with Gasteiger partial charge in [0.05, 0.1) is 0 Å². The summed E-state index contributed by atoms with van der Waals surface area (Å²) in [6.45, 7) is 0. The van der Waals surface area contributed by atoms with Crippen molar-refractivity contribution >= 4 is 42.6 Å². The SMILES string of the molecule is c1ccc(-c2cc(-c3ccccc3)c3sc4c(-c5cccc(-c6nc7ccccc7o6)c5)cc(-c5ccccc5)cc4c3c2)cc1. The lowest BCUT2D eigenvalue weighted by atomic mass is 9.93. The van der Waals surface area contributed by atoms with E-state index >= 15 is 0 Å². The van der Waals surface area contributed by atoms with Crippen LogP contribution < -0.4 is 0 Å². The van der Waals surface area contributed by atoms with Gasteiger partial charge in [-0.25, -0.2) is 4.98 Å². The van der Waals surface area contributed by atoms with E-state index in [1.54, 1.807) is 0 Å². The molecule has 0 aliphatic rings. The molecule has 9 rings (SSSR count). The Balaban J connectivity index is 1.33. The Labute approximate surface area is 270 Å². The molecule has 2 heterocycles. The van der Waals surface area contributed by atoms with Crippen LogP contribution in [0.2, 0.25) is 0 Å². The Bertz CT molecular complexity index is 2480. The molecule has 0 radical (unpaired) electrons. The molecule has 0 aliphatic carbocycles. The number of hydrogen-bond donors (Lipinski definition) is 0. The van der Waals surface area contributed by atoms with Crippen molar-refractivity contribution in [3.05, 3.63) is 164 Å². The number of nitrogens with zero attached hydrogens (tertiary/aromatic N) is 1. The molecule has 2 nitrogen and oxygen atoms in total. The van der Waals surface area contributed by atoms with Crippen molar-refractivity contribution in [2.24, 2.45) is 0 Å². The highest BCUT2D eigenvalue weighted by molar-refractivity contribution is 7.27. The predicted molar refractivity (Wildman–Crippen MR) is 194 cm³/mol. The molecule has 0 saturated heterocycles. The summed E-state index contributed by atoms with van der Waals surface area (Å²) >= 11 is 1.88. The zero-order chi connectivity index (χ0) is 30.5. The molecule has 0 N–H and O–H groups in total. The monoisotopic (exact) mass is 605 g/mol. The number of hydrogen-bond acceptors (Lipinski definition) is 3. The first-order valence-electron chi connectivity index (χ1n) is 15.5. The molecule has 0 atom stereocenters. The number of oxazole rings is 1. The number of thiophene rings is 1. The molecule has 3 heteroatoms. The number of benzene rings is 7. The molecule has 9 aromatic rings. The van der Waals surface area contributed by atoms with Gasteiger partial charge in [-0.15, -0.1) is 11.3 Å². The van der Waals surface area contributed by atoms with Gasteiger partial charge in [-0.1, -0.05) is 115 Å². The van der Waals surface area contributed by atoms with Crippen LogP contribution in [0.1, 0.15) is 0 Å². The van der Waals surface area contributed by atoms with Crippen molar-refractivity contribution in [3.63, 3.8) is 0 Å². The van der Waals surface area contributed by atoms with Crippen LogP contribution in [0.4, 0.5) is 0 Å². The van der Waals surface area contributed by atoms with E-state index in [1.807, 2.05) is 35.6 Å². The second-order valence-electron chi connectivity index (χ2n) is 11.6. The molecule has 0 aliphatic heterocycles. The molecule has 216 valence electrons. The molecule has 2 aromatic heterocycles. The van der Waals surface area contributed by atoms with Gasteiger partial charge in [0.15, 0.2) is 5.58 Å². The Kier molecular flexibility index (Phi) is 6.36. The van der Waals surface area contributed by atoms with E-state index in [2.05, 4.69) is 140 Å². The molecular weight excluding hydrogens is 579 g/mol. The lowest BCUT2D eigenvalue weighted by Gasteiger charge is -2.10. The minimum atomic E-state index is 0.633. The van der Waals surface area contributed by atoms with Gasteiger partial charge < -0.3 is 4.42 Å². The number of aromatic nitrogens is 1. The predicted octanol–water partition coefficient (Wildman–Crippen LogP) is 12.5. The maximum Gasteiger partial charge on any atom is 0.227 e. The molecule has 0 saturated carbocycles. The van der Waals surface area contributed by atoms with Gasteiger partial charge >= 0.3 is 0 Å². The summed E-state index contributed by atoms with van der Waals surface area (Å²) in [5.74, 6) is 0.633. The molecular formula is C43H27NOS. The van der Waals surface area contributed by atoms with Crippen molar-refractivity contribution in [2.45, 2.75) is 0 Å². The van der Waals surface area contributed by atoms with E-state index in [-0.39, 0.29) is 0 Å². The van der Waals surface area contributed by atoms with Crippen molar-refractivity contribution in [3.8, 4) is 56.0 Å². The molecule has 7 aromatic carbocycles. The van der Waals surface area contributed by atoms with Crippen LogP contribution in [0.3, 0.4) is 0 Å². The maximum absolute atomic E-state index is 6.18. The molecule has 0 fully saturated rings. The lowest BCUT2D eigenvalue weighted by molar-refractivity contribution is 0.620. The zero-order valence-corrected chi connectivity index (χ0v) is 25.7. The average Bonchev–Trinajstić information content (AvgIpc) is 3.74. The third-order valence-electron chi connectivity index (χ3n) is 8.69. The largest absolute Gasteiger partial charge is 0.436 e. The van der Waals surface area contributed by atoms with Crippen molar-refractivity contribution in [2.75, 3.05) is 0 Å². The van der Waals surface area contributed by atoms with Gasteiger partial charge in [0.25, 0.3) is 0 Å². The fourth-order valence-electron chi connectivity index (χ4n) is 6.44. The second kappa shape index (κ2) is 11.0. The van der Waals surface area contributed by atoms with E-state index in [4.69, 9.17) is 9.40 Å². The van der Waals surface area contributed by atoms with Crippen LogP contribution >= 0.6 is 11.3 Å². The van der Waals surface area contributed by atoms with Crippen LogP contribution in [-0.2, 0) is 0 Å². The summed E-state index contributed by atoms with van der Waals surface area (Å²) in [4.78, 5) is 4.80. The number of para-hydroxylation sites is 2. The molecule has 46 heavy (non-hydrogen) atoms. The number of fused-ring (bicyclic) bond motifs is 4. The second-order valence-corrected chi connectivity index (χ2v) is 12.6. The van der Waals surface area contributed by atoms with Crippen molar-refractivity contribution < 1.29 is 4.42 Å². The van der Waals surface area contributed by atoms with Crippen LogP contribution in [0.5, 0.6) is 0 Å². The third kappa shape index (κ3) is 4.61. The van der Waals surface area contributed by atoms with E-state index in [1.165, 1.54) is 59.1 Å². The van der Waals surface area contributed by atoms with Crippen LogP contribution in [-0.4, -0.2) is 4.98 Å².